The van der Waals surface area contributed by atoms with E-state index >= 15 is 0 Å². The van der Waals surface area contributed by atoms with Crippen molar-refractivity contribution in [2.24, 2.45) is 0 Å². The zero-order chi connectivity index (χ0) is 13.8. The summed E-state index contributed by atoms with van der Waals surface area (Å²) in [7, 11) is 0. The summed E-state index contributed by atoms with van der Waals surface area (Å²) < 4.78 is 5.80. The topological polar surface area (TPSA) is 42.4 Å². The number of hydrogen-bond acceptors (Lipinski definition) is 3. The number of pyridine rings is 1. The van der Waals surface area contributed by atoms with Gasteiger partial charge in [-0.1, -0.05) is 17.7 Å². The van der Waals surface area contributed by atoms with Crippen LogP contribution in [0.3, 0.4) is 0 Å². The minimum Gasteiger partial charge on any atom is -0.487 e. The van der Waals surface area contributed by atoms with Crippen molar-refractivity contribution in [3.05, 3.63) is 58.9 Å². The Balaban J connectivity index is 2.18. The molecular formula is C16H19NO2. The predicted octanol–water partition coefficient (Wildman–Crippen LogP) is 3.33. The summed E-state index contributed by atoms with van der Waals surface area (Å²) in [5.74, 6) is 0.714. The first kappa shape index (κ1) is 13.6. The highest BCUT2D eigenvalue weighted by Crippen LogP contribution is 2.27. The minimum atomic E-state index is -0.542. The summed E-state index contributed by atoms with van der Waals surface area (Å²) in [5.41, 5.74) is 3.94. The summed E-state index contributed by atoms with van der Waals surface area (Å²) in [4.78, 5) is 4.30. The van der Waals surface area contributed by atoms with Gasteiger partial charge in [0, 0.05) is 11.8 Å². The molecule has 1 unspecified atom stereocenters. The smallest absolute Gasteiger partial charge is 0.130 e. The molecule has 1 N–H and O–H groups in total. The Kier molecular flexibility index (Phi) is 4.17. The first-order valence-corrected chi connectivity index (χ1v) is 6.40. The van der Waals surface area contributed by atoms with Gasteiger partial charge in [-0.15, -0.1) is 0 Å². The maximum atomic E-state index is 9.79. The normalized spacial score (nSPS) is 12.2. The number of aliphatic hydroxyl groups excluding tert-OH is 1. The third-order valence-corrected chi connectivity index (χ3v) is 3.10. The fourth-order valence-corrected chi connectivity index (χ4v) is 1.94. The van der Waals surface area contributed by atoms with Crippen molar-refractivity contribution in [3.8, 4) is 5.75 Å². The Morgan fingerprint density at radius 3 is 2.74 bits per heavy atom. The molecule has 1 heterocycles. The molecule has 0 saturated carbocycles. The van der Waals surface area contributed by atoms with Crippen molar-refractivity contribution >= 4 is 0 Å². The zero-order valence-electron chi connectivity index (χ0n) is 11.6. The molecule has 0 bridgehead atoms. The van der Waals surface area contributed by atoms with Crippen molar-refractivity contribution in [2.75, 3.05) is 0 Å². The molecule has 3 heteroatoms. The standard InChI is InChI=1S/C16H19NO2/c1-11-6-7-16(14(9-11)13(3)18)19-10-15-12(2)5-4-8-17-15/h4-9,13,18H,10H2,1-3H3. The fraction of sp³-hybridized carbons (Fsp3) is 0.312. The average molecular weight is 257 g/mol. The lowest BCUT2D eigenvalue weighted by Gasteiger charge is -2.14. The van der Waals surface area contributed by atoms with E-state index in [1.165, 1.54) is 0 Å². The van der Waals surface area contributed by atoms with Gasteiger partial charge in [-0.25, -0.2) is 0 Å². The first-order chi connectivity index (χ1) is 9.08. The molecule has 0 spiro atoms. The molecule has 2 aromatic rings. The van der Waals surface area contributed by atoms with Gasteiger partial charge in [0.15, 0.2) is 0 Å². The minimum absolute atomic E-state index is 0.412. The summed E-state index contributed by atoms with van der Waals surface area (Å²) in [6.45, 7) is 6.16. The van der Waals surface area contributed by atoms with Crippen molar-refractivity contribution in [1.29, 1.82) is 0 Å². The van der Waals surface area contributed by atoms with E-state index in [0.29, 0.717) is 12.4 Å². The molecule has 2 rings (SSSR count). The van der Waals surface area contributed by atoms with E-state index in [1.807, 2.05) is 44.2 Å². The molecule has 1 aromatic carbocycles. The van der Waals surface area contributed by atoms with Crippen molar-refractivity contribution in [2.45, 2.75) is 33.5 Å². The first-order valence-electron chi connectivity index (χ1n) is 6.40. The maximum absolute atomic E-state index is 9.79. The Labute approximate surface area is 113 Å². The molecule has 0 radical (unpaired) electrons. The summed E-state index contributed by atoms with van der Waals surface area (Å²) in [6, 6.07) is 9.75. The van der Waals surface area contributed by atoms with Crippen molar-refractivity contribution < 1.29 is 9.84 Å². The average Bonchev–Trinajstić information content (AvgIpc) is 2.38. The number of aliphatic hydroxyl groups is 1. The summed E-state index contributed by atoms with van der Waals surface area (Å²) in [6.07, 6.45) is 1.22. The van der Waals surface area contributed by atoms with Crippen LogP contribution in [-0.4, -0.2) is 10.1 Å². The van der Waals surface area contributed by atoms with E-state index in [-0.39, 0.29) is 0 Å². The summed E-state index contributed by atoms with van der Waals surface area (Å²) in [5, 5.41) is 9.79. The molecule has 19 heavy (non-hydrogen) atoms. The predicted molar refractivity (Wildman–Crippen MR) is 75.1 cm³/mol. The van der Waals surface area contributed by atoms with Crippen LogP contribution >= 0.6 is 0 Å². The Morgan fingerprint density at radius 2 is 2.05 bits per heavy atom. The molecule has 0 saturated heterocycles. The second-order valence-electron chi connectivity index (χ2n) is 4.77. The number of aromatic nitrogens is 1. The van der Waals surface area contributed by atoms with Crippen LogP contribution in [-0.2, 0) is 6.61 Å². The quantitative estimate of drug-likeness (QED) is 0.913. The van der Waals surface area contributed by atoms with Gasteiger partial charge in [-0.3, -0.25) is 4.98 Å². The van der Waals surface area contributed by atoms with E-state index in [9.17, 15) is 5.11 Å². The van der Waals surface area contributed by atoms with Crippen LogP contribution in [0, 0.1) is 13.8 Å². The number of ether oxygens (including phenoxy) is 1. The van der Waals surface area contributed by atoms with Crippen LogP contribution in [0.2, 0.25) is 0 Å². The van der Waals surface area contributed by atoms with Crippen LogP contribution < -0.4 is 4.74 Å². The van der Waals surface area contributed by atoms with Crippen LogP contribution in [0.5, 0.6) is 5.75 Å². The zero-order valence-corrected chi connectivity index (χ0v) is 11.6. The number of rotatable bonds is 4. The largest absolute Gasteiger partial charge is 0.487 e. The molecule has 100 valence electrons. The summed E-state index contributed by atoms with van der Waals surface area (Å²) >= 11 is 0. The molecule has 1 atom stereocenters. The van der Waals surface area contributed by atoms with Gasteiger partial charge in [-0.2, -0.15) is 0 Å². The molecule has 0 amide bonds. The highest BCUT2D eigenvalue weighted by molar-refractivity contribution is 5.38. The lowest BCUT2D eigenvalue weighted by atomic mass is 10.1. The number of nitrogens with zero attached hydrogens (tertiary/aromatic N) is 1. The number of hydrogen-bond donors (Lipinski definition) is 1. The molecular weight excluding hydrogens is 238 g/mol. The maximum Gasteiger partial charge on any atom is 0.130 e. The van der Waals surface area contributed by atoms with Crippen molar-refractivity contribution in [3.63, 3.8) is 0 Å². The lowest BCUT2D eigenvalue weighted by Crippen LogP contribution is -2.04. The third-order valence-electron chi connectivity index (χ3n) is 3.10. The molecule has 0 aliphatic heterocycles. The van der Waals surface area contributed by atoms with Gasteiger partial charge in [0.2, 0.25) is 0 Å². The Bertz CT molecular complexity index is 564. The van der Waals surface area contributed by atoms with Crippen LogP contribution in [0.4, 0.5) is 0 Å². The van der Waals surface area contributed by atoms with Gasteiger partial charge in [0.05, 0.1) is 11.8 Å². The van der Waals surface area contributed by atoms with Crippen LogP contribution in [0.25, 0.3) is 0 Å². The Morgan fingerprint density at radius 1 is 1.26 bits per heavy atom. The van der Waals surface area contributed by atoms with E-state index in [1.54, 1.807) is 13.1 Å². The number of benzene rings is 1. The van der Waals surface area contributed by atoms with Gasteiger partial charge < -0.3 is 9.84 Å². The highest BCUT2D eigenvalue weighted by atomic mass is 16.5. The fourth-order valence-electron chi connectivity index (χ4n) is 1.94. The molecule has 0 aliphatic carbocycles. The van der Waals surface area contributed by atoms with E-state index in [4.69, 9.17) is 4.74 Å². The monoisotopic (exact) mass is 257 g/mol. The second kappa shape index (κ2) is 5.85. The van der Waals surface area contributed by atoms with Gasteiger partial charge in [-0.05, 0) is 44.5 Å². The van der Waals surface area contributed by atoms with E-state index in [2.05, 4.69) is 4.98 Å². The molecule has 1 aromatic heterocycles. The lowest BCUT2D eigenvalue weighted by molar-refractivity contribution is 0.189. The van der Waals surface area contributed by atoms with E-state index in [0.717, 1.165) is 22.4 Å². The van der Waals surface area contributed by atoms with Crippen LogP contribution in [0.1, 0.15) is 35.4 Å². The SMILES string of the molecule is Cc1ccc(OCc2ncccc2C)c(C(C)O)c1. The van der Waals surface area contributed by atoms with Gasteiger partial charge >= 0.3 is 0 Å². The highest BCUT2D eigenvalue weighted by Gasteiger charge is 2.10. The third kappa shape index (κ3) is 3.32. The van der Waals surface area contributed by atoms with Crippen LogP contribution in [0.15, 0.2) is 36.5 Å². The van der Waals surface area contributed by atoms with Crippen molar-refractivity contribution in [1.82, 2.24) is 4.98 Å². The van der Waals surface area contributed by atoms with Gasteiger partial charge in [0.25, 0.3) is 0 Å². The molecule has 0 fully saturated rings. The molecule has 0 aliphatic rings. The molecule has 3 nitrogen and oxygen atoms in total. The van der Waals surface area contributed by atoms with E-state index < -0.39 is 6.10 Å². The number of aryl methyl sites for hydroxylation is 2. The Hall–Kier alpha value is -1.87. The van der Waals surface area contributed by atoms with Gasteiger partial charge in [0.1, 0.15) is 12.4 Å². The second-order valence-corrected chi connectivity index (χ2v) is 4.77.